The molecule has 0 amide bonds. The molecule has 8 heteroatoms. The van der Waals surface area contributed by atoms with E-state index in [0.29, 0.717) is 23.2 Å². The molecule has 0 bridgehead atoms. The number of halogens is 2. The van der Waals surface area contributed by atoms with E-state index in [9.17, 15) is 0 Å². The number of nitrogens with zero attached hydrogens (tertiary/aromatic N) is 4. The molecule has 0 spiro atoms. The molecule has 0 radical (unpaired) electrons. The van der Waals surface area contributed by atoms with Gasteiger partial charge in [-0.2, -0.15) is 5.21 Å². The van der Waals surface area contributed by atoms with Gasteiger partial charge in [-0.15, -0.1) is 10.2 Å². The van der Waals surface area contributed by atoms with Crippen molar-refractivity contribution in [2.45, 2.75) is 6.54 Å². The van der Waals surface area contributed by atoms with Crippen LogP contribution in [-0.4, -0.2) is 25.6 Å². The topological polar surface area (TPSA) is 79.4 Å². The van der Waals surface area contributed by atoms with Gasteiger partial charge in [-0.05, 0) is 22.0 Å². The zero-order valence-electron chi connectivity index (χ0n) is 7.41. The van der Waals surface area contributed by atoms with Crippen LogP contribution in [0.1, 0.15) is 5.82 Å². The van der Waals surface area contributed by atoms with E-state index in [4.69, 9.17) is 11.6 Å². The van der Waals surface area contributed by atoms with Crippen LogP contribution in [-0.2, 0) is 6.54 Å². The minimum absolute atomic E-state index is 0.421. The highest BCUT2D eigenvalue weighted by molar-refractivity contribution is 9.10. The van der Waals surface area contributed by atoms with Crippen LogP contribution in [0.2, 0.25) is 5.02 Å². The Morgan fingerprint density at radius 3 is 3.07 bits per heavy atom. The first kappa shape index (κ1) is 10.3. The predicted molar refractivity (Wildman–Crippen MR) is 58.5 cm³/mol. The number of H-pyrrole nitrogens is 1. The van der Waals surface area contributed by atoms with Crippen molar-refractivity contribution < 1.29 is 0 Å². The molecule has 0 saturated carbocycles. The standard InChI is InChI=1S/C7H6BrClN6/c8-4-1-5(9)7(10-2-4)11-3-6-12-14-15-13-6/h1-2H,3H2,(H,10,11)(H,12,13,14,15). The molecule has 0 atom stereocenters. The lowest BCUT2D eigenvalue weighted by molar-refractivity contribution is 0.881. The Morgan fingerprint density at radius 2 is 2.40 bits per heavy atom. The van der Waals surface area contributed by atoms with Crippen molar-refractivity contribution in [1.29, 1.82) is 0 Å². The molecular weight excluding hydrogens is 283 g/mol. The molecule has 15 heavy (non-hydrogen) atoms. The van der Waals surface area contributed by atoms with E-state index >= 15 is 0 Å². The van der Waals surface area contributed by atoms with Crippen LogP contribution in [0.3, 0.4) is 0 Å². The smallest absolute Gasteiger partial charge is 0.193 e. The second kappa shape index (κ2) is 4.54. The average Bonchev–Trinajstić information content (AvgIpc) is 2.69. The summed E-state index contributed by atoms with van der Waals surface area (Å²) in [5.41, 5.74) is 0. The Kier molecular flexibility index (Phi) is 3.12. The summed E-state index contributed by atoms with van der Waals surface area (Å²) in [5, 5.41) is 16.9. The van der Waals surface area contributed by atoms with Gasteiger partial charge in [0.05, 0.1) is 11.6 Å². The van der Waals surface area contributed by atoms with Crippen molar-refractivity contribution in [3.05, 3.63) is 27.6 Å². The lowest BCUT2D eigenvalue weighted by Crippen LogP contribution is -2.03. The summed E-state index contributed by atoms with van der Waals surface area (Å²) in [6, 6.07) is 1.76. The van der Waals surface area contributed by atoms with Crippen LogP contribution in [0.4, 0.5) is 5.82 Å². The molecule has 0 unspecified atom stereocenters. The fourth-order valence-electron chi connectivity index (χ4n) is 0.965. The zero-order chi connectivity index (χ0) is 10.7. The van der Waals surface area contributed by atoms with Gasteiger partial charge in [0.2, 0.25) is 0 Å². The van der Waals surface area contributed by atoms with Crippen LogP contribution < -0.4 is 5.32 Å². The number of pyridine rings is 1. The molecule has 2 aromatic heterocycles. The maximum Gasteiger partial charge on any atom is 0.193 e. The highest BCUT2D eigenvalue weighted by Gasteiger charge is 2.03. The number of nitrogens with one attached hydrogen (secondary N) is 2. The van der Waals surface area contributed by atoms with Crippen molar-refractivity contribution in [3.8, 4) is 0 Å². The molecule has 2 N–H and O–H groups in total. The SMILES string of the molecule is Clc1cc(Br)cnc1NCc1nn[nH]n1. The van der Waals surface area contributed by atoms with Crippen LogP contribution >= 0.6 is 27.5 Å². The van der Waals surface area contributed by atoms with Crippen LogP contribution in [0.15, 0.2) is 16.7 Å². The summed E-state index contributed by atoms with van der Waals surface area (Å²) in [4.78, 5) is 4.10. The van der Waals surface area contributed by atoms with Gasteiger partial charge in [0.15, 0.2) is 5.82 Å². The number of tetrazole rings is 1. The van der Waals surface area contributed by atoms with Crippen LogP contribution in [0, 0.1) is 0 Å². The Balaban J connectivity index is 2.05. The molecular formula is C7H6BrClN6. The number of aromatic amines is 1. The fourth-order valence-corrected chi connectivity index (χ4v) is 1.66. The van der Waals surface area contributed by atoms with Gasteiger partial charge in [-0.3, -0.25) is 0 Å². The van der Waals surface area contributed by atoms with Gasteiger partial charge in [0, 0.05) is 10.7 Å². The fraction of sp³-hybridized carbons (Fsp3) is 0.143. The monoisotopic (exact) mass is 288 g/mol. The lowest BCUT2D eigenvalue weighted by Gasteiger charge is -2.04. The van der Waals surface area contributed by atoms with E-state index in [0.717, 1.165) is 4.47 Å². The van der Waals surface area contributed by atoms with E-state index in [1.807, 2.05) is 0 Å². The molecule has 0 aliphatic heterocycles. The maximum atomic E-state index is 5.95. The summed E-state index contributed by atoms with van der Waals surface area (Å²) in [6.07, 6.45) is 1.66. The van der Waals surface area contributed by atoms with Gasteiger partial charge < -0.3 is 5.32 Å². The van der Waals surface area contributed by atoms with Crippen LogP contribution in [0.25, 0.3) is 0 Å². The van der Waals surface area contributed by atoms with E-state index in [-0.39, 0.29) is 0 Å². The zero-order valence-corrected chi connectivity index (χ0v) is 9.75. The molecule has 2 heterocycles. The van der Waals surface area contributed by atoms with Crippen molar-refractivity contribution in [3.63, 3.8) is 0 Å². The molecule has 78 valence electrons. The minimum atomic E-state index is 0.421. The molecule has 2 aromatic rings. The molecule has 0 aromatic carbocycles. The third-order valence-corrected chi connectivity index (χ3v) is 2.33. The normalized spacial score (nSPS) is 10.3. The molecule has 2 rings (SSSR count). The van der Waals surface area contributed by atoms with Gasteiger partial charge in [-0.25, -0.2) is 4.98 Å². The average molecular weight is 290 g/mol. The van der Waals surface area contributed by atoms with E-state index in [2.05, 4.69) is 46.9 Å². The van der Waals surface area contributed by atoms with Crippen molar-refractivity contribution >= 4 is 33.3 Å². The van der Waals surface area contributed by atoms with Crippen molar-refractivity contribution in [1.82, 2.24) is 25.6 Å². The number of anilines is 1. The van der Waals surface area contributed by atoms with Gasteiger partial charge in [-0.1, -0.05) is 16.8 Å². The molecule has 0 saturated heterocycles. The summed E-state index contributed by atoms with van der Waals surface area (Å²) < 4.78 is 0.831. The molecule has 6 nitrogen and oxygen atoms in total. The largest absolute Gasteiger partial charge is 0.361 e. The number of aromatic nitrogens is 5. The summed E-state index contributed by atoms with van der Waals surface area (Å²) >= 11 is 9.22. The molecule has 0 aliphatic rings. The third-order valence-electron chi connectivity index (χ3n) is 1.61. The second-order valence-corrected chi connectivity index (χ2v) is 3.99. The predicted octanol–water partition coefficient (Wildman–Crippen LogP) is 1.62. The van der Waals surface area contributed by atoms with Crippen LogP contribution in [0.5, 0.6) is 0 Å². The summed E-state index contributed by atoms with van der Waals surface area (Å²) in [5.74, 6) is 1.14. The summed E-state index contributed by atoms with van der Waals surface area (Å²) in [6.45, 7) is 0.421. The van der Waals surface area contributed by atoms with E-state index in [1.165, 1.54) is 0 Å². The van der Waals surface area contributed by atoms with E-state index < -0.39 is 0 Å². The molecule has 0 fully saturated rings. The number of hydrogen-bond donors (Lipinski definition) is 2. The van der Waals surface area contributed by atoms with Crippen molar-refractivity contribution in [2.75, 3.05) is 5.32 Å². The Hall–Kier alpha value is -1.21. The lowest BCUT2D eigenvalue weighted by atomic mass is 10.4. The Labute approximate surface area is 98.6 Å². The highest BCUT2D eigenvalue weighted by atomic mass is 79.9. The van der Waals surface area contributed by atoms with Crippen molar-refractivity contribution in [2.24, 2.45) is 0 Å². The third kappa shape index (κ3) is 2.63. The minimum Gasteiger partial charge on any atom is -0.361 e. The van der Waals surface area contributed by atoms with Gasteiger partial charge >= 0.3 is 0 Å². The number of hydrogen-bond acceptors (Lipinski definition) is 5. The Bertz CT molecular complexity index is 445. The molecule has 0 aliphatic carbocycles. The highest BCUT2D eigenvalue weighted by Crippen LogP contribution is 2.22. The second-order valence-electron chi connectivity index (χ2n) is 2.67. The summed E-state index contributed by atoms with van der Waals surface area (Å²) in [7, 11) is 0. The van der Waals surface area contributed by atoms with E-state index in [1.54, 1.807) is 12.3 Å². The Morgan fingerprint density at radius 1 is 1.53 bits per heavy atom. The van der Waals surface area contributed by atoms with Gasteiger partial charge in [0.1, 0.15) is 5.82 Å². The first-order valence-electron chi connectivity index (χ1n) is 4.03. The first-order valence-corrected chi connectivity index (χ1v) is 5.20. The number of rotatable bonds is 3. The maximum absolute atomic E-state index is 5.95. The first-order chi connectivity index (χ1) is 7.25. The quantitative estimate of drug-likeness (QED) is 0.897. The van der Waals surface area contributed by atoms with Gasteiger partial charge in [0.25, 0.3) is 0 Å².